The molecule has 0 unspecified atom stereocenters. The lowest BCUT2D eigenvalue weighted by Gasteiger charge is -2.00. The molecule has 0 fully saturated rings. The summed E-state index contributed by atoms with van der Waals surface area (Å²) in [6.07, 6.45) is 1.22. The van der Waals surface area contributed by atoms with Crippen molar-refractivity contribution in [3.63, 3.8) is 0 Å². The zero-order chi connectivity index (χ0) is 13.1. The summed E-state index contributed by atoms with van der Waals surface area (Å²) in [4.78, 5) is 21.5. The molecule has 2 rings (SSSR count). The van der Waals surface area contributed by atoms with Gasteiger partial charge in [-0.25, -0.2) is 9.97 Å². The van der Waals surface area contributed by atoms with E-state index in [-0.39, 0.29) is 5.91 Å². The van der Waals surface area contributed by atoms with Gasteiger partial charge in [0.2, 0.25) is 5.91 Å². The summed E-state index contributed by atoms with van der Waals surface area (Å²) < 4.78 is 0. The van der Waals surface area contributed by atoms with Crippen LogP contribution in [0.15, 0.2) is 5.38 Å². The van der Waals surface area contributed by atoms with E-state index in [1.807, 2.05) is 26.2 Å². The molecule has 18 heavy (non-hydrogen) atoms. The molecule has 0 saturated carbocycles. The van der Waals surface area contributed by atoms with E-state index in [4.69, 9.17) is 0 Å². The Morgan fingerprint density at radius 1 is 1.33 bits per heavy atom. The SMILES string of the molecule is Cc1csc(NC(=O)CCc2sc(C)nc2C)n1. The number of rotatable bonds is 4. The van der Waals surface area contributed by atoms with E-state index in [9.17, 15) is 4.79 Å². The summed E-state index contributed by atoms with van der Waals surface area (Å²) in [6, 6.07) is 0. The lowest BCUT2D eigenvalue weighted by molar-refractivity contribution is -0.116. The summed E-state index contributed by atoms with van der Waals surface area (Å²) in [6.45, 7) is 5.89. The Balaban J connectivity index is 1.87. The van der Waals surface area contributed by atoms with Crippen molar-refractivity contribution < 1.29 is 4.79 Å². The van der Waals surface area contributed by atoms with Gasteiger partial charge in [0.25, 0.3) is 0 Å². The highest BCUT2D eigenvalue weighted by Gasteiger charge is 2.09. The quantitative estimate of drug-likeness (QED) is 0.937. The fourth-order valence-electron chi connectivity index (χ4n) is 1.63. The largest absolute Gasteiger partial charge is 0.302 e. The molecule has 0 spiro atoms. The molecule has 0 bridgehead atoms. The molecule has 0 radical (unpaired) electrons. The minimum Gasteiger partial charge on any atom is -0.302 e. The first kappa shape index (κ1) is 13.2. The van der Waals surface area contributed by atoms with E-state index in [1.54, 1.807) is 11.3 Å². The Morgan fingerprint density at radius 3 is 2.67 bits per heavy atom. The first-order valence-electron chi connectivity index (χ1n) is 5.69. The van der Waals surface area contributed by atoms with Gasteiger partial charge >= 0.3 is 0 Å². The number of hydrogen-bond donors (Lipinski definition) is 1. The third kappa shape index (κ3) is 3.36. The molecule has 2 aromatic heterocycles. The number of nitrogens with zero attached hydrogens (tertiary/aromatic N) is 2. The van der Waals surface area contributed by atoms with Gasteiger partial charge in [-0.1, -0.05) is 0 Å². The van der Waals surface area contributed by atoms with Crippen LogP contribution >= 0.6 is 22.7 Å². The highest BCUT2D eigenvalue weighted by atomic mass is 32.1. The number of thiazole rings is 2. The van der Waals surface area contributed by atoms with Crippen molar-refractivity contribution in [1.82, 2.24) is 9.97 Å². The zero-order valence-electron chi connectivity index (χ0n) is 10.6. The van der Waals surface area contributed by atoms with Crippen LogP contribution in [0.3, 0.4) is 0 Å². The predicted octanol–water partition coefficient (Wildman–Crippen LogP) is 3.10. The van der Waals surface area contributed by atoms with Crippen molar-refractivity contribution in [2.45, 2.75) is 33.6 Å². The molecule has 0 aliphatic heterocycles. The molecule has 4 nitrogen and oxygen atoms in total. The minimum atomic E-state index is 0.00908. The molecule has 2 aromatic rings. The Bertz CT molecular complexity index is 559. The maximum Gasteiger partial charge on any atom is 0.226 e. The average Bonchev–Trinajstić information content (AvgIpc) is 2.82. The summed E-state index contributed by atoms with van der Waals surface area (Å²) in [5.74, 6) is 0.00908. The van der Waals surface area contributed by atoms with E-state index in [0.29, 0.717) is 11.6 Å². The second kappa shape index (κ2) is 5.58. The second-order valence-electron chi connectivity index (χ2n) is 4.08. The summed E-state index contributed by atoms with van der Waals surface area (Å²) >= 11 is 3.12. The van der Waals surface area contributed by atoms with Crippen LogP contribution < -0.4 is 5.32 Å². The number of carbonyl (C=O) groups is 1. The molecule has 6 heteroatoms. The third-order valence-electron chi connectivity index (χ3n) is 2.44. The van der Waals surface area contributed by atoms with Crippen LogP contribution in [-0.2, 0) is 11.2 Å². The molecule has 0 aliphatic rings. The van der Waals surface area contributed by atoms with Gasteiger partial charge in [-0.2, -0.15) is 0 Å². The van der Waals surface area contributed by atoms with Crippen LogP contribution in [0.1, 0.15) is 27.7 Å². The van der Waals surface area contributed by atoms with Gasteiger partial charge in [-0.15, -0.1) is 22.7 Å². The van der Waals surface area contributed by atoms with Crippen molar-refractivity contribution in [2.24, 2.45) is 0 Å². The first-order chi connectivity index (χ1) is 8.54. The molecular weight excluding hydrogens is 266 g/mol. The van der Waals surface area contributed by atoms with E-state index >= 15 is 0 Å². The van der Waals surface area contributed by atoms with Gasteiger partial charge in [-0.05, 0) is 27.2 Å². The Labute approximate surface area is 114 Å². The van der Waals surface area contributed by atoms with Crippen molar-refractivity contribution in [2.75, 3.05) is 5.32 Å². The second-order valence-corrected chi connectivity index (χ2v) is 6.23. The Kier molecular flexibility index (Phi) is 4.08. The number of nitrogens with one attached hydrogen (secondary N) is 1. The molecule has 0 atom stereocenters. The molecule has 0 aromatic carbocycles. The van der Waals surface area contributed by atoms with Crippen LogP contribution in [0.5, 0.6) is 0 Å². The Morgan fingerprint density at radius 2 is 2.11 bits per heavy atom. The van der Waals surface area contributed by atoms with Crippen LogP contribution in [-0.4, -0.2) is 15.9 Å². The molecule has 2 heterocycles. The monoisotopic (exact) mass is 281 g/mol. The van der Waals surface area contributed by atoms with E-state index in [0.717, 1.165) is 22.8 Å². The van der Waals surface area contributed by atoms with Crippen molar-refractivity contribution >= 4 is 33.7 Å². The Hall–Kier alpha value is -1.27. The van der Waals surface area contributed by atoms with E-state index in [2.05, 4.69) is 15.3 Å². The lowest BCUT2D eigenvalue weighted by atomic mass is 10.2. The number of anilines is 1. The topological polar surface area (TPSA) is 54.9 Å². The van der Waals surface area contributed by atoms with E-state index in [1.165, 1.54) is 16.2 Å². The zero-order valence-corrected chi connectivity index (χ0v) is 12.2. The molecule has 0 saturated heterocycles. The van der Waals surface area contributed by atoms with E-state index < -0.39 is 0 Å². The lowest BCUT2D eigenvalue weighted by Crippen LogP contribution is -2.12. The van der Waals surface area contributed by atoms with Gasteiger partial charge in [-0.3, -0.25) is 4.79 Å². The van der Waals surface area contributed by atoms with Crippen molar-refractivity contribution in [3.8, 4) is 0 Å². The fourth-order valence-corrected chi connectivity index (χ4v) is 3.27. The van der Waals surface area contributed by atoms with Crippen molar-refractivity contribution in [1.29, 1.82) is 0 Å². The number of amides is 1. The third-order valence-corrected chi connectivity index (χ3v) is 4.45. The van der Waals surface area contributed by atoms with Crippen LogP contribution in [0.4, 0.5) is 5.13 Å². The smallest absolute Gasteiger partial charge is 0.226 e. The number of carbonyl (C=O) groups excluding carboxylic acids is 1. The van der Waals surface area contributed by atoms with Crippen molar-refractivity contribution in [3.05, 3.63) is 26.7 Å². The maximum atomic E-state index is 11.8. The van der Waals surface area contributed by atoms with Gasteiger partial charge in [0.05, 0.1) is 16.4 Å². The average molecular weight is 281 g/mol. The standard InChI is InChI=1S/C12H15N3OS2/c1-7-6-17-12(13-7)15-11(16)5-4-10-8(2)14-9(3)18-10/h6H,4-5H2,1-3H3,(H,13,15,16). The first-order valence-corrected chi connectivity index (χ1v) is 7.39. The number of hydrogen-bond acceptors (Lipinski definition) is 5. The molecule has 1 amide bonds. The normalized spacial score (nSPS) is 10.6. The molecule has 0 aliphatic carbocycles. The predicted molar refractivity (Wildman–Crippen MR) is 75.4 cm³/mol. The van der Waals surface area contributed by atoms with Gasteiger partial charge in [0.1, 0.15) is 0 Å². The highest BCUT2D eigenvalue weighted by Crippen LogP contribution is 2.19. The van der Waals surface area contributed by atoms with Gasteiger partial charge in [0.15, 0.2) is 5.13 Å². The summed E-state index contributed by atoms with van der Waals surface area (Å²) in [5.41, 5.74) is 1.97. The summed E-state index contributed by atoms with van der Waals surface area (Å²) in [5, 5.41) is 6.46. The minimum absolute atomic E-state index is 0.00908. The highest BCUT2D eigenvalue weighted by molar-refractivity contribution is 7.14. The fraction of sp³-hybridized carbons (Fsp3) is 0.417. The number of aryl methyl sites for hydroxylation is 4. The van der Waals surface area contributed by atoms with Crippen LogP contribution in [0, 0.1) is 20.8 Å². The van der Waals surface area contributed by atoms with Crippen LogP contribution in [0.25, 0.3) is 0 Å². The van der Waals surface area contributed by atoms with Gasteiger partial charge in [0, 0.05) is 16.7 Å². The van der Waals surface area contributed by atoms with Crippen LogP contribution in [0.2, 0.25) is 0 Å². The van der Waals surface area contributed by atoms with Gasteiger partial charge < -0.3 is 5.32 Å². The number of aromatic nitrogens is 2. The molecule has 1 N–H and O–H groups in total. The summed E-state index contributed by atoms with van der Waals surface area (Å²) in [7, 11) is 0. The molecular formula is C12H15N3OS2. The molecule has 96 valence electrons. The maximum absolute atomic E-state index is 11.8.